The van der Waals surface area contributed by atoms with Crippen LogP contribution in [-0.4, -0.2) is 17.9 Å². The molecule has 0 saturated carbocycles. The number of pyridine rings is 1. The topological polar surface area (TPSA) is 66.0 Å². The van der Waals surface area contributed by atoms with Gasteiger partial charge >= 0.3 is 0 Å². The van der Waals surface area contributed by atoms with Crippen molar-refractivity contribution in [2.75, 3.05) is 11.9 Å². The molecule has 3 N–H and O–H groups in total. The maximum absolute atomic E-state index is 7.45. The van der Waals surface area contributed by atoms with Crippen LogP contribution in [0.25, 0.3) is 0 Å². The molecular formula is C13H16N4S. The van der Waals surface area contributed by atoms with Crippen molar-refractivity contribution in [2.24, 2.45) is 5.73 Å². The van der Waals surface area contributed by atoms with Crippen LogP contribution < -0.4 is 10.6 Å². The number of amidine groups is 1. The normalized spacial score (nSPS) is 12.1. The highest BCUT2D eigenvalue weighted by Crippen LogP contribution is 2.27. The van der Waals surface area contributed by atoms with Crippen molar-refractivity contribution >= 4 is 23.0 Å². The average molecular weight is 260 g/mol. The maximum Gasteiger partial charge on any atom is 0.129 e. The van der Waals surface area contributed by atoms with E-state index >= 15 is 0 Å². The molecule has 1 unspecified atom stereocenters. The van der Waals surface area contributed by atoms with Crippen LogP contribution in [0.15, 0.2) is 35.8 Å². The van der Waals surface area contributed by atoms with Crippen molar-refractivity contribution in [3.63, 3.8) is 0 Å². The first kappa shape index (κ1) is 12.6. The van der Waals surface area contributed by atoms with Gasteiger partial charge < -0.3 is 10.6 Å². The molecule has 2 aromatic rings. The highest BCUT2D eigenvalue weighted by molar-refractivity contribution is 7.10. The van der Waals surface area contributed by atoms with Gasteiger partial charge in [-0.2, -0.15) is 0 Å². The summed E-state index contributed by atoms with van der Waals surface area (Å²) in [5.74, 6) is 0.888. The van der Waals surface area contributed by atoms with Gasteiger partial charge in [0.15, 0.2) is 0 Å². The number of aromatic nitrogens is 1. The van der Waals surface area contributed by atoms with E-state index < -0.39 is 0 Å². The Morgan fingerprint density at radius 1 is 1.50 bits per heavy atom. The molecule has 0 aliphatic rings. The number of nitrogens with zero attached hydrogens (tertiary/aromatic N) is 2. The van der Waals surface area contributed by atoms with Crippen molar-refractivity contribution in [1.29, 1.82) is 5.41 Å². The van der Waals surface area contributed by atoms with Crippen molar-refractivity contribution in [3.05, 3.63) is 46.3 Å². The van der Waals surface area contributed by atoms with Crippen molar-refractivity contribution in [3.8, 4) is 0 Å². The van der Waals surface area contributed by atoms with Gasteiger partial charge in [0.2, 0.25) is 0 Å². The Labute approximate surface area is 111 Å². The smallest absolute Gasteiger partial charge is 0.129 e. The monoisotopic (exact) mass is 260 g/mol. The van der Waals surface area contributed by atoms with E-state index in [1.807, 2.05) is 19.2 Å². The number of thiophene rings is 1. The number of nitrogen functional groups attached to an aromatic ring is 1. The quantitative estimate of drug-likeness (QED) is 0.656. The predicted octanol–water partition coefficient (Wildman–Crippen LogP) is 2.62. The average Bonchev–Trinajstić information content (AvgIpc) is 2.91. The predicted molar refractivity (Wildman–Crippen MR) is 76.4 cm³/mol. The van der Waals surface area contributed by atoms with Crippen molar-refractivity contribution in [2.45, 2.75) is 13.0 Å². The van der Waals surface area contributed by atoms with Crippen LogP contribution in [0.2, 0.25) is 0 Å². The second kappa shape index (κ2) is 5.18. The first-order valence-electron chi connectivity index (χ1n) is 5.66. The number of nitrogens with one attached hydrogen (secondary N) is 1. The van der Waals surface area contributed by atoms with E-state index in [0.29, 0.717) is 5.56 Å². The lowest BCUT2D eigenvalue weighted by Crippen LogP contribution is -2.22. The third-order valence-corrected chi connectivity index (χ3v) is 4.00. The van der Waals surface area contributed by atoms with Crippen LogP contribution in [0.5, 0.6) is 0 Å². The van der Waals surface area contributed by atoms with Crippen LogP contribution in [-0.2, 0) is 0 Å². The molecular weight excluding hydrogens is 244 g/mol. The minimum atomic E-state index is 0.0656. The zero-order valence-electron chi connectivity index (χ0n) is 10.4. The highest BCUT2D eigenvalue weighted by Gasteiger charge is 2.14. The van der Waals surface area contributed by atoms with Gasteiger partial charge in [0, 0.05) is 23.7 Å². The molecule has 2 rings (SSSR count). The molecule has 0 radical (unpaired) electrons. The first-order chi connectivity index (χ1) is 8.59. The molecule has 4 nitrogen and oxygen atoms in total. The number of hydrogen-bond acceptors (Lipinski definition) is 4. The molecule has 1 atom stereocenters. The Morgan fingerprint density at radius 2 is 2.28 bits per heavy atom. The molecule has 0 saturated heterocycles. The Morgan fingerprint density at radius 3 is 2.89 bits per heavy atom. The van der Waals surface area contributed by atoms with Crippen LogP contribution in [0.1, 0.15) is 23.4 Å². The summed E-state index contributed by atoms with van der Waals surface area (Å²) in [7, 11) is 2.00. The molecule has 0 aliphatic heterocycles. The first-order valence-corrected chi connectivity index (χ1v) is 6.54. The lowest BCUT2D eigenvalue weighted by Gasteiger charge is -2.25. The fourth-order valence-corrected chi connectivity index (χ4v) is 2.52. The van der Waals surface area contributed by atoms with Gasteiger partial charge in [-0.1, -0.05) is 6.07 Å². The summed E-state index contributed by atoms with van der Waals surface area (Å²) in [6, 6.07) is 7.99. The van der Waals surface area contributed by atoms with Crippen LogP contribution >= 0.6 is 11.3 Å². The number of rotatable bonds is 4. The van der Waals surface area contributed by atoms with E-state index in [9.17, 15) is 0 Å². The lowest BCUT2D eigenvalue weighted by atomic mass is 10.2. The molecule has 0 bridgehead atoms. The standard InChI is InChI=1S/C13H16N4S/c1-9(11-4-3-7-18-11)17(2)12-8-10(13(14)15)5-6-16-12/h3-9H,1-2H3,(H3,14,15). The molecule has 2 heterocycles. The van der Waals surface area contributed by atoms with Crippen LogP contribution in [0.3, 0.4) is 0 Å². The molecule has 2 aromatic heterocycles. The summed E-state index contributed by atoms with van der Waals surface area (Å²) in [5, 5.41) is 9.52. The zero-order chi connectivity index (χ0) is 13.1. The summed E-state index contributed by atoms with van der Waals surface area (Å²) in [6.07, 6.45) is 1.68. The second-order valence-electron chi connectivity index (χ2n) is 4.12. The van der Waals surface area contributed by atoms with Gasteiger partial charge in [-0.15, -0.1) is 11.3 Å². The van der Waals surface area contributed by atoms with Gasteiger partial charge in [-0.3, -0.25) is 5.41 Å². The van der Waals surface area contributed by atoms with E-state index in [4.69, 9.17) is 11.1 Å². The van der Waals surface area contributed by atoms with E-state index in [-0.39, 0.29) is 11.9 Å². The summed E-state index contributed by atoms with van der Waals surface area (Å²) in [4.78, 5) is 7.70. The molecule has 5 heteroatoms. The Hall–Kier alpha value is -1.88. The summed E-state index contributed by atoms with van der Waals surface area (Å²) < 4.78 is 0. The summed E-state index contributed by atoms with van der Waals surface area (Å²) in [6.45, 7) is 2.13. The van der Waals surface area contributed by atoms with Crippen molar-refractivity contribution in [1.82, 2.24) is 4.98 Å². The van der Waals surface area contributed by atoms with E-state index in [1.165, 1.54) is 4.88 Å². The Bertz CT molecular complexity index is 536. The summed E-state index contributed by atoms with van der Waals surface area (Å²) in [5.41, 5.74) is 6.19. The zero-order valence-corrected chi connectivity index (χ0v) is 11.2. The molecule has 94 valence electrons. The Kier molecular flexibility index (Phi) is 3.62. The van der Waals surface area contributed by atoms with Gasteiger partial charge in [-0.05, 0) is 30.5 Å². The van der Waals surface area contributed by atoms with Gasteiger partial charge in [-0.25, -0.2) is 4.98 Å². The third kappa shape index (κ3) is 2.51. The largest absolute Gasteiger partial charge is 0.384 e. The van der Waals surface area contributed by atoms with E-state index in [0.717, 1.165) is 5.82 Å². The fourth-order valence-electron chi connectivity index (χ4n) is 1.70. The highest BCUT2D eigenvalue weighted by atomic mass is 32.1. The van der Waals surface area contributed by atoms with Gasteiger partial charge in [0.05, 0.1) is 6.04 Å². The van der Waals surface area contributed by atoms with Crippen LogP contribution in [0.4, 0.5) is 5.82 Å². The SMILES string of the molecule is CC(c1cccs1)N(C)c1cc(C(=N)N)ccn1. The van der Waals surface area contributed by atoms with Gasteiger partial charge in [0.1, 0.15) is 11.7 Å². The molecule has 0 aliphatic carbocycles. The number of hydrogen-bond donors (Lipinski definition) is 2. The molecule has 0 aromatic carbocycles. The van der Waals surface area contributed by atoms with Gasteiger partial charge in [0.25, 0.3) is 0 Å². The Balaban J connectivity index is 2.25. The second-order valence-corrected chi connectivity index (χ2v) is 5.10. The maximum atomic E-state index is 7.45. The minimum Gasteiger partial charge on any atom is -0.384 e. The fraction of sp³-hybridized carbons (Fsp3) is 0.231. The number of nitrogens with two attached hydrogens (primary N) is 1. The van der Waals surface area contributed by atoms with Crippen molar-refractivity contribution < 1.29 is 0 Å². The number of anilines is 1. The van der Waals surface area contributed by atoms with Crippen LogP contribution in [0, 0.1) is 5.41 Å². The van der Waals surface area contributed by atoms with E-state index in [2.05, 4.69) is 28.3 Å². The molecule has 0 spiro atoms. The van der Waals surface area contributed by atoms with E-state index in [1.54, 1.807) is 23.6 Å². The lowest BCUT2D eigenvalue weighted by molar-refractivity contribution is 0.742. The molecule has 0 amide bonds. The third-order valence-electron chi connectivity index (χ3n) is 2.95. The summed E-state index contributed by atoms with van der Waals surface area (Å²) >= 11 is 1.73. The molecule has 18 heavy (non-hydrogen) atoms. The minimum absolute atomic E-state index is 0.0656. The molecule has 0 fully saturated rings.